The second-order valence-corrected chi connectivity index (χ2v) is 7.97. The Morgan fingerprint density at radius 1 is 1.03 bits per heavy atom. The van der Waals surface area contributed by atoms with Crippen molar-refractivity contribution in [2.45, 2.75) is 5.16 Å². The first-order chi connectivity index (χ1) is 14.6. The molecule has 0 atom stereocenters. The minimum atomic E-state index is -0.213. The van der Waals surface area contributed by atoms with Crippen molar-refractivity contribution in [2.24, 2.45) is 0 Å². The van der Waals surface area contributed by atoms with Gasteiger partial charge in [0.25, 0.3) is 0 Å². The van der Waals surface area contributed by atoms with Gasteiger partial charge in [0.15, 0.2) is 11.0 Å². The topological polar surface area (TPSA) is 72.7 Å². The SMILES string of the molecule is O=C(CSc1nnc(-c2cccnc2)n1-c1ccccc1)Nc1ccc(Cl)cc1Cl. The van der Waals surface area contributed by atoms with Crippen LogP contribution < -0.4 is 5.32 Å². The van der Waals surface area contributed by atoms with Gasteiger partial charge in [0.1, 0.15) is 0 Å². The molecule has 0 bridgehead atoms. The van der Waals surface area contributed by atoms with E-state index in [-0.39, 0.29) is 11.7 Å². The van der Waals surface area contributed by atoms with Gasteiger partial charge >= 0.3 is 0 Å². The Bertz CT molecular complexity index is 1170. The van der Waals surface area contributed by atoms with Crippen LogP contribution in [0.4, 0.5) is 5.69 Å². The highest BCUT2D eigenvalue weighted by molar-refractivity contribution is 7.99. The van der Waals surface area contributed by atoms with Gasteiger partial charge in [0, 0.05) is 28.7 Å². The van der Waals surface area contributed by atoms with Gasteiger partial charge in [0.05, 0.1) is 16.5 Å². The molecular weight excluding hydrogens is 441 g/mol. The first-order valence-corrected chi connectivity index (χ1v) is 10.6. The van der Waals surface area contributed by atoms with Crippen molar-refractivity contribution < 1.29 is 4.79 Å². The summed E-state index contributed by atoms with van der Waals surface area (Å²) >= 11 is 13.3. The van der Waals surface area contributed by atoms with E-state index in [1.807, 2.05) is 47.0 Å². The van der Waals surface area contributed by atoms with E-state index in [1.165, 1.54) is 11.8 Å². The number of halogens is 2. The second kappa shape index (κ2) is 9.30. The molecule has 9 heteroatoms. The zero-order valence-electron chi connectivity index (χ0n) is 15.5. The zero-order chi connectivity index (χ0) is 20.9. The lowest BCUT2D eigenvalue weighted by atomic mass is 10.2. The van der Waals surface area contributed by atoms with E-state index in [0.717, 1.165) is 11.3 Å². The fraction of sp³-hybridized carbons (Fsp3) is 0.0476. The van der Waals surface area contributed by atoms with E-state index < -0.39 is 0 Å². The molecular formula is C21H15Cl2N5OS. The minimum Gasteiger partial charge on any atom is -0.324 e. The van der Waals surface area contributed by atoms with Crippen LogP contribution in [-0.4, -0.2) is 31.4 Å². The molecule has 0 aliphatic carbocycles. The van der Waals surface area contributed by atoms with Crippen LogP contribution in [0.2, 0.25) is 10.0 Å². The van der Waals surface area contributed by atoms with Gasteiger partial charge in [-0.05, 0) is 42.5 Å². The van der Waals surface area contributed by atoms with Crippen molar-refractivity contribution in [2.75, 3.05) is 11.1 Å². The monoisotopic (exact) mass is 455 g/mol. The van der Waals surface area contributed by atoms with Gasteiger partial charge in [-0.15, -0.1) is 10.2 Å². The molecule has 0 aliphatic heterocycles. The molecule has 0 unspecified atom stereocenters. The Morgan fingerprint density at radius 3 is 2.60 bits per heavy atom. The molecule has 1 N–H and O–H groups in total. The highest BCUT2D eigenvalue weighted by Crippen LogP contribution is 2.29. The average molecular weight is 456 g/mol. The number of nitrogens with zero attached hydrogens (tertiary/aromatic N) is 4. The van der Waals surface area contributed by atoms with Crippen LogP contribution in [0.5, 0.6) is 0 Å². The van der Waals surface area contributed by atoms with E-state index >= 15 is 0 Å². The van der Waals surface area contributed by atoms with Gasteiger partial charge in [-0.1, -0.05) is 53.2 Å². The first kappa shape index (κ1) is 20.4. The number of rotatable bonds is 6. The molecule has 0 aliphatic rings. The molecule has 2 aromatic carbocycles. The Balaban J connectivity index is 1.57. The number of carbonyl (C=O) groups is 1. The second-order valence-electron chi connectivity index (χ2n) is 6.18. The number of hydrogen-bond donors (Lipinski definition) is 1. The molecule has 0 saturated carbocycles. The van der Waals surface area contributed by atoms with Gasteiger partial charge in [-0.25, -0.2) is 0 Å². The number of pyridine rings is 1. The van der Waals surface area contributed by atoms with Crippen molar-refractivity contribution in [1.29, 1.82) is 0 Å². The summed E-state index contributed by atoms with van der Waals surface area (Å²) in [5, 5.41) is 12.9. The standard InChI is InChI=1S/C21H15Cl2N5OS/c22-15-8-9-18(17(23)11-15)25-19(29)13-30-21-27-26-20(14-5-4-10-24-12-14)28(21)16-6-2-1-3-7-16/h1-12H,13H2,(H,25,29). The van der Waals surface area contributed by atoms with E-state index in [2.05, 4.69) is 20.5 Å². The van der Waals surface area contributed by atoms with Crippen LogP contribution in [0.3, 0.4) is 0 Å². The average Bonchev–Trinajstić information content (AvgIpc) is 3.19. The van der Waals surface area contributed by atoms with Crippen molar-refractivity contribution in [3.63, 3.8) is 0 Å². The lowest BCUT2D eigenvalue weighted by Gasteiger charge is -2.10. The number of hydrogen-bond acceptors (Lipinski definition) is 5. The Morgan fingerprint density at radius 2 is 1.87 bits per heavy atom. The number of anilines is 1. The molecule has 0 saturated heterocycles. The van der Waals surface area contributed by atoms with E-state index in [1.54, 1.807) is 30.6 Å². The van der Waals surface area contributed by atoms with Gasteiger partial charge in [-0.3, -0.25) is 14.3 Å². The van der Waals surface area contributed by atoms with E-state index in [0.29, 0.717) is 26.7 Å². The summed E-state index contributed by atoms with van der Waals surface area (Å²) in [5.41, 5.74) is 2.23. The summed E-state index contributed by atoms with van der Waals surface area (Å²) in [6.45, 7) is 0. The number of benzene rings is 2. The third-order valence-corrected chi connectivity index (χ3v) is 5.58. The molecule has 4 rings (SSSR count). The third kappa shape index (κ3) is 4.64. The highest BCUT2D eigenvalue weighted by atomic mass is 35.5. The van der Waals surface area contributed by atoms with Crippen LogP contribution in [0.15, 0.2) is 78.2 Å². The zero-order valence-corrected chi connectivity index (χ0v) is 17.8. The molecule has 1 amide bonds. The molecule has 0 radical (unpaired) electrons. The lowest BCUT2D eigenvalue weighted by molar-refractivity contribution is -0.113. The first-order valence-electron chi connectivity index (χ1n) is 8.91. The van der Waals surface area contributed by atoms with Crippen LogP contribution >= 0.6 is 35.0 Å². The maximum absolute atomic E-state index is 12.5. The number of para-hydroxylation sites is 1. The molecule has 6 nitrogen and oxygen atoms in total. The Labute approximate surface area is 187 Å². The Hall–Kier alpha value is -2.87. The summed E-state index contributed by atoms with van der Waals surface area (Å²) in [7, 11) is 0. The maximum atomic E-state index is 12.5. The number of aromatic nitrogens is 4. The van der Waals surface area contributed by atoms with Crippen molar-refractivity contribution in [3.05, 3.63) is 83.1 Å². The Kier molecular flexibility index (Phi) is 6.32. The molecule has 2 heterocycles. The normalized spacial score (nSPS) is 10.7. The fourth-order valence-corrected chi connectivity index (χ4v) is 3.97. The summed E-state index contributed by atoms with van der Waals surface area (Å²) in [5.74, 6) is 0.574. The van der Waals surface area contributed by atoms with Crippen LogP contribution in [0.25, 0.3) is 17.1 Å². The number of carbonyl (C=O) groups excluding carboxylic acids is 1. The summed E-state index contributed by atoms with van der Waals surface area (Å²) in [4.78, 5) is 16.6. The van der Waals surface area contributed by atoms with E-state index in [4.69, 9.17) is 23.2 Å². The summed E-state index contributed by atoms with van der Waals surface area (Å²) < 4.78 is 1.91. The quantitative estimate of drug-likeness (QED) is 0.395. The smallest absolute Gasteiger partial charge is 0.234 e. The van der Waals surface area contributed by atoms with E-state index in [9.17, 15) is 4.79 Å². The van der Waals surface area contributed by atoms with Crippen LogP contribution in [0, 0.1) is 0 Å². The fourth-order valence-electron chi connectivity index (χ4n) is 2.76. The van der Waals surface area contributed by atoms with Crippen molar-refractivity contribution >= 4 is 46.6 Å². The number of nitrogens with one attached hydrogen (secondary N) is 1. The molecule has 150 valence electrons. The van der Waals surface area contributed by atoms with Gasteiger partial charge < -0.3 is 5.32 Å². The molecule has 4 aromatic rings. The molecule has 0 fully saturated rings. The molecule has 2 aromatic heterocycles. The van der Waals surface area contributed by atoms with Gasteiger partial charge in [0.2, 0.25) is 5.91 Å². The number of amides is 1. The van der Waals surface area contributed by atoms with Crippen LogP contribution in [-0.2, 0) is 4.79 Å². The maximum Gasteiger partial charge on any atom is 0.234 e. The third-order valence-electron chi connectivity index (χ3n) is 4.11. The predicted octanol–water partition coefficient (Wildman–Crippen LogP) is 5.37. The van der Waals surface area contributed by atoms with Crippen molar-refractivity contribution in [1.82, 2.24) is 19.7 Å². The minimum absolute atomic E-state index is 0.136. The van der Waals surface area contributed by atoms with Gasteiger partial charge in [-0.2, -0.15) is 0 Å². The molecule has 0 spiro atoms. The van der Waals surface area contributed by atoms with Crippen molar-refractivity contribution in [3.8, 4) is 17.1 Å². The number of thioether (sulfide) groups is 1. The predicted molar refractivity (Wildman–Crippen MR) is 120 cm³/mol. The molecule has 30 heavy (non-hydrogen) atoms. The van der Waals surface area contributed by atoms with Crippen LogP contribution in [0.1, 0.15) is 0 Å². The highest BCUT2D eigenvalue weighted by Gasteiger charge is 2.17. The lowest BCUT2D eigenvalue weighted by Crippen LogP contribution is -2.15. The summed E-state index contributed by atoms with van der Waals surface area (Å²) in [6, 6.07) is 18.4. The summed E-state index contributed by atoms with van der Waals surface area (Å²) in [6.07, 6.45) is 3.43. The largest absolute Gasteiger partial charge is 0.324 e.